The second kappa shape index (κ2) is 8.24. The lowest BCUT2D eigenvalue weighted by Crippen LogP contribution is -2.22. The molecule has 0 bridgehead atoms. The molecule has 0 saturated heterocycles. The van der Waals surface area contributed by atoms with Crippen LogP contribution in [0.25, 0.3) is 0 Å². The highest BCUT2D eigenvalue weighted by molar-refractivity contribution is 6.44. The van der Waals surface area contributed by atoms with Crippen LogP contribution < -0.4 is 16.0 Å². The molecule has 0 unspecified atom stereocenters. The van der Waals surface area contributed by atoms with E-state index in [2.05, 4.69) is 16.0 Å². The Morgan fingerprint density at radius 1 is 0.958 bits per heavy atom. The highest BCUT2D eigenvalue weighted by atomic mass is 35.5. The summed E-state index contributed by atoms with van der Waals surface area (Å²) in [4.78, 5) is 23.4. The summed E-state index contributed by atoms with van der Waals surface area (Å²) in [6.45, 7) is 0.0237. The molecule has 0 aliphatic heterocycles. The van der Waals surface area contributed by atoms with Gasteiger partial charge in [0, 0.05) is 18.3 Å². The first-order valence-corrected chi connectivity index (χ1v) is 8.04. The topological polar surface area (TPSA) is 70.2 Å². The number of halogens is 3. The average molecular weight is 387 g/mol. The zero-order valence-corrected chi connectivity index (χ0v) is 14.9. The van der Waals surface area contributed by atoms with E-state index in [0.29, 0.717) is 32.0 Å². The van der Waals surface area contributed by atoms with Crippen molar-refractivity contribution < 1.29 is 9.59 Å². The van der Waals surface area contributed by atoms with Crippen molar-refractivity contribution in [2.75, 3.05) is 24.2 Å². The lowest BCUT2D eigenvalue weighted by molar-refractivity contribution is -0.114. The second-order valence-electron chi connectivity index (χ2n) is 4.80. The van der Waals surface area contributed by atoms with Crippen LogP contribution in [0.3, 0.4) is 0 Å². The lowest BCUT2D eigenvalue weighted by Gasteiger charge is -2.10. The number of carbonyl (C=O) groups excluding carboxylic acids is 2. The van der Waals surface area contributed by atoms with E-state index in [-0.39, 0.29) is 18.4 Å². The average Bonchev–Trinajstić information content (AvgIpc) is 2.57. The molecule has 3 N–H and O–H groups in total. The molecule has 2 aromatic rings. The fourth-order valence-corrected chi connectivity index (χ4v) is 2.47. The van der Waals surface area contributed by atoms with E-state index in [0.717, 1.165) is 0 Å². The van der Waals surface area contributed by atoms with Crippen LogP contribution in [0.2, 0.25) is 15.1 Å². The molecule has 5 nitrogen and oxygen atoms in total. The van der Waals surface area contributed by atoms with Gasteiger partial charge in [-0.3, -0.25) is 9.59 Å². The van der Waals surface area contributed by atoms with Crippen molar-refractivity contribution in [1.82, 2.24) is 5.32 Å². The minimum atomic E-state index is -0.300. The first-order chi connectivity index (χ1) is 11.4. The van der Waals surface area contributed by atoms with Crippen molar-refractivity contribution in [3.05, 3.63) is 57.0 Å². The lowest BCUT2D eigenvalue weighted by atomic mass is 10.2. The zero-order chi connectivity index (χ0) is 17.7. The molecule has 126 valence electrons. The molecular weight excluding hydrogens is 373 g/mol. The quantitative estimate of drug-likeness (QED) is 0.679. The molecule has 0 saturated carbocycles. The van der Waals surface area contributed by atoms with E-state index in [1.54, 1.807) is 31.3 Å². The molecule has 0 aliphatic carbocycles. The summed E-state index contributed by atoms with van der Waals surface area (Å²) < 4.78 is 0. The van der Waals surface area contributed by atoms with Gasteiger partial charge in [-0.05, 0) is 36.4 Å². The number of rotatable bonds is 5. The van der Waals surface area contributed by atoms with Crippen LogP contribution in [0, 0.1) is 0 Å². The van der Waals surface area contributed by atoms with Crippen LogP contribution in [0.1, 0.15) is 10.4 Å². The summed E-state index contributed by atoms with van der Waals surface area (Å²) in [5.74, 6) is -0.473. The summed E-state index contributed by atoms with van der Waals surface area (Å²) >= 11 is 17.8. The van der Waals surface area contributed by atoms with E-state index >= 15 is 0 Å². The molecule has 0 aromatic heterocycles. The smallest absolute Gasteiger partial charge is 0.251 e. The van der Waals surface area contributed by atoms with E-state index in [9.17, 15) is 9.59 Å². The third-order valence-electron chi connectivity index (χ3n) is 3.11. The van der Waals surface area contributed by atoms with Gasteiger partial charge in [0.25, 0.3) is 5.91 Å². The molecule has 8 heteroatoms. The summed E-state index contributed by atoms with van der Waals surface area (Å²) in [7, 11) is 1.56. The summed E-state index contributed by atoms with van der Waals surface area (Å²) in [6, 6.07) is 9.70. The third-order valence-corrected chi connectivity index (χ3v) is 4.15. The SMILES string of the molecule is CNC(=O)c1ccc(NCC(=O)Nc2cc(Cl)c(Cl)cc2Cl)cc1. The maximum atomic E-state index is 12.0. The molecule has 0 radical (unpaired) electrons. The molecule has 2 rings (SSSR count). The Labute approximate surface area is 154 Å². The van der Waals surface area contributed by atoms with E-state index < -0.39 is 0 Å². The minimum Gasteiger partial charge on any atom is -0.376 e. The standard InChI is InChI=1S/C16H14Cl3N3O2/c1-20-16(24)9-2-4-10(5-3-9)21-8-15(23)22-14-7-12(18)11(17)6-13(14)19/h2-7,21H,8H2,1H3,(H,20,24)(H,22,23). The summed E-state index contributed by atoms with van der Waals surface area (Å²) in [6.07, 6.45) is 0. The number of hydrogen-bond acceptors (Lipinski definition) is 3. The van der Waals surface area contributed by atoms with Gasteiger partial charge in [-0.15, -0.1) is 0 Å². The van der Waals surface area contributed by atoms with Crippen LogP contribution in [0.4, 0.5) is 11.4 Å². The van der Waals surface area contributed by atoms with Crippen molar-refractivity contribution in [1.29, 1.82) is 0 Å². The van der Waals surface area contributed by atoms with Gasteiger partial charge in [0.1, 0.15) is 0 Å². The van der Waals surface area contributed by atoms with Crippen molar-refractivity contribution in [2.24, 2.45) is 0 Å². The number of benzene rings is 2. The van der Waals surface area contributed by atoms with Gasteiger partial charge in [0.15, 0.2) is 0 Å². The second-order valence-corrected chi connectivity index (χ2v) is 6.03. The molecule has 2 aromatic carbocycles. The number of amides is 2. The van der Waals surface area contributed by atoms with Crippen LogP contribution in [-0.2, 0) is 4.79 Å². The molecule has 0 atom stereocenters. The van der Waals surface area contributed by atoms with Gasteiger partial charge in [0.05, 0.1) is 27.3 Å². The van der Waals surface area contributed by atoms with E-state index in [1.165, 1.54) is 12.1 Å². The van der Waals surface area contributed by atoms with Gasteiger partial charge in [0.2, 0.25) is 5.91 Å². The van der Waals surface area contributed by atoms with Crippen LogP contribution >= 0.6 is 34.8 Å². The van der Waals surface area contributed by atoms with Crippen LogP contribution in [0.15, 0.2) is 36.4 Å². The molecule has 24 heavy (non-hydrogen) atoms. The van der Waals surface area contributed by atoms with Crippen molar-refractivity contribution >= 4 is 58.0 Å². The molecule has 0 spiro atoms. The fourth-order valence-electron chi connectivity index (χ4n) is 1.88. The predicted molar refractivity (Wildman–Crippen MR) is 98.4 cm³/mol. The predicted octanol–water partition coefficient (Wildman–Crippen LogP) is 4.06. The number of anilines is 2. The Bertz CT molecular complexity index is 764. The van der Waals surface area contributed by atoms with E-state index in [4.69, 9.17) is 34.8 Å². The molecule has 0 aliphatic rings. The Morgan fingerprint density at radius 2 is 1.58 bits per heavy atom. The van der Waals surface area contributed by atoms with Crippen LogP contribution in [-0.4, -0.2) is 25.4 Å². The Kier molecular flexibility index (Phi) is 6.31. The Hall–Kier alpha value is -1.95. The largest absolute Gasteiger partial charge is 0.376 e. The van der Waals surface area contributed by atoms with Gasteiger partial charge >= 0.3 is 0 Å². The first-order valence-electron chi connectivity index (χ1n) is 6.91. The minimum absolute atomic E-state index is 0.0237. The fraction of sp³-hybridized carbons (Fsp3) is 0.125. The highest BCUT2D eigenvalue weighted by Crippen LogP contribution is 2.32. The molecular formula is C16H14Cl3N3O2. The van der Waals surface area contributed by atoms with Crippen molar-refractivity contribution in [3.63, 3.8) is 0 Å². The van der Waals surface area contributed by atoms with E-state index in [1.807, 2.05) is 0 Å². The first kappa shape index (κ1) is 18.4. The van der Waals surface area contributed by atoms with Crippen molar-refractivity contribution in [2.45, 2.75) is 0 Å². The molecule has 0 fully saturated rings. The number of carbonyl (C=O) groups is 2. The number of nitrogens with one attached hydrogen (secondary N) is 3. The third kappa shape index (κ3) is 4.77. The monoisotopic (exact) mass is 385 g/mol. The maximum Gasteiger partial charge on any atom is 0.251 e. The maximum absolute atomic E-state index is 12.0. The Balaban J connectivity index is 1.94. The van der Waals surface area contributed by atoms with Gasteiger partial charge in [-0.1, -0.05) is 34.8 Å². The normalized spacial score (nSPS) is 10.2. The molecule has 2 amide bonds. The van der Waals surface area contributed by atoms with Gasteiger partial charge < -0.3 is 16.0 Å². The Morgan fingerprint density at radius 3 is 2.21 bits per heavy atom. The van der Waals surface area contributed by atoms with Gasteiger partial charge in [-0.2, -0.15) is 0 Å². The highest BCUT2D eigenvalue weighted by Gasteiger charge is 2.09. The van der Waals surface area contributed by atoms with Crippen LogP contribution in [0.5, 0.6) is 0 Å². The zero-order valence-electron chi connectivity index (χ0n) is 12.6. The van der Waals surface area contributed by atoms with Crippen molar-refractivity contribution in [3.8, 4) is 0 Å². The summed E-state index contributed by atoms with van der Waals surface area (Å²) in [5.41, 5.74) is 1.63. The van der Waals surface area contributed by atoms with Gasteiger partial charge in [-0.25, -0.2) is 0 Å². The number of hydrogen-bond donors (Lipinski definition) is 3. The molecule has 0 heterocycles. The summed E-state index contributed by atoms with van der Waals surface area (Å²) in [5, 5.41) is 9.04.